The number of pyridine rings is 1. The van der Waals surface area contributed by atoms with Crippen LogP contribution in [0.2, 0.25) is 0 Å². The van der Waals surface area contributed by atoms with Gasteiger partial charge in [0.2, 0.25) is 17.7 Å². The fourth-order valence-corrected chi connectivity index (χ4v) is 3.49. The van der Waals surface area contributed by atoms with Crippen LogP contribution in [0.1, 0.15) is 23.7 Å². The zero-order valence-electron chi connectivity index (χ0n) is 13.5. The molecule has 2 aromatic rings. The molecule has 3 rings (SSSR count). The van der Waals surface area contributed by atoms with Crippen molar-refractivity contribution < 1.29 is 14.3 Å². The quantitative estimate of drug-likeness (QED) is 0.808. The van der Waals surface area contributed by atoms with Gasteiger partial charge in [-0.05, 0) is 36.3 Å². The van der Waals surface area contributed by atoms with Gasteiger partial charge in [0.05, 0.1) is 11.6 Å². The number of fused-ring (bicyclic) bond motifs is 1. The summed E-state index contributed by atoms with van der Waals surface area (Å²) in [6.07, 6.45) is 4.28. The molecule has 2 heterocycles. The third-order valence-corrected chi connectivity index (χ3v) is 4.94. The number of carbonyl (C=O) groups excluding carboxylic acids is 2. The number of hydrogen-bond donors (Lipinski definition) is 2. The average Bonchev–Trinajstić information content (AvgIpc) is 2.89. The molecule has 0 saturated carbocycles. The summed E-state index contributed by atoms with van der Waals surface area (Å²) in [4.78, 5) is 28.2. The van der Waals surface area contributed by atoms with Crippen molar-refractivity contribution >= 4 is 34.3 Å². The molecule has 1 aliphatic heterocycles. The Labute approximate surface area is 144 Å². The second kappa shape index (κ2) is 6.68. The van der Waals surface area contributed by atoms with Crippen LogP contribution in [0.15, 0.2) is 29.3 Å². The normalized spacial score (nSPS) is 20.2. The first-order chi connectivity index (χ1) is 11.5. The van der Waals surface area contributed by atoms with Crippen LogP contribution in [-0.4, -0.2) is 35.7 Å². The molecule has 0 unspecified atom stereocenters. The first-order valence-electron chi connectivity index (χ1n) is 7.69. The Morgan fingerprint density at radius 1 is 1.50 bits per heavy atom. The van der Waals surface area contributed by atoms with E-state index >= 15 is 0 Å². The Morgan fingerprint density at radius 2 is 2.29 bits per heavy atom. The Kier molecular flexibility index (Phi) is 4.62. The topological polar surface area (TPSA) is 94.3 Å². The lowest BCUT2D eigenvalue weighted by Gasteiger charge is -2.14. The van der Waals surface area contributed by atoms with E-state index in [1.165, 1.54) is 11.8 Å². The minimum atomic E-state index is -0.455. The van der Waals surface area contributed by atoms with Crippen LogP contribution in [-0.2, 0) is 4.79 Å². The van der Waals surface area contributed by atoms with Crippen molar-refractivity contribution in [2.45, 2.75) is 24.3 Å². The fourth-order valence-electron chi connectivity index (χ4n) is 2.88. The van der Waals surface area contributed by atoms with Crippen molar-refractivity contribution in [3.8, 4) is 5.88 Å². The first-order valence-corrected chi connectivity index (χ1v) is 8.91. The molecule has 1 aromatic carbocycles. The molecule has 2 atom stereocenters. The number of thioether (sulfide) groups is 1. The highest BCUT2D eigenvalue weighted by Gasteiger charge is 2.28. The van der Waals surface area contributed by atoms with Crippen LogP contribution in [0.3, 0.4) is 0 Å². The van der Waals surface area contributed by atoms with Gasteiger partial charge in [0, 0.05) is 22.4 Å². The van der Waals surface area contributed by atoms with Gasteiger partial charge < -0.3 is 15.8 Å². The molecule has 1 aromatic heterocycles. The molecule has 3 N–H and O–H groups in total. The van der Waals surface area contributed by atoms with Crippen molar-refractivity contribution in [2.75, 3.05) is 12.9 Å². The first kappa shape index (κ1) is 16.6. The van der Waals surface area contributed by atoms with E-state index in [0.29, 0.717) is 18.1 Å². The van der Waals surface area contributed by atoms with Gasteiger partial charge in [0.1, 0.15) is 6.61 Å². The van der Waals surface area contributed by atoms with E-state index < -0.39 is 5.91 Å². The molecule has 126 valence electrons. The van der Waals surface area contributed by atoms with E-state index in [9.17, 15) is 9.59 Å². The lowest BCUT2D eigenvalue weighted by atomic mass is 10.1. The summed E-state index contributed by atoms with van der Waals surface area (Å²) < 4.78 is 5.85. The van der Waals surface area contributed by atoms with Crippen molar-refractivity contribution in [3.05, 3.63) is 30.0 Å². The summed E-state index contributed by atoms with van der Waals surface area (Å²) in [6, 6.07) is 5.45. The van der Waals surface area contributed by atoms with Gasteiger partial charge >= 0.3 is 0 Å². The van der Waals surface area contributed by atoms with Crippen LogP contribution >= 0.6 is 11.8 Å². The predicted molar refractivity (Wildman–Crippen MR) is 93.2 cm³/mol. The molecule has 0 bridgehead atoms. The number of benzene rings is 1. The number of rotatable bonds is 5. The lowest BCUT2D eigenvalue weighted by Crippen LogP contribution is -2.31. The molecule has 7 heteroatoms. The third kappa shape index (κ3) is 3.17. The Bertz CT molecular complexity index is 809. The molecule has 24 heavy (non-hydrogen) atoms. The van der Waals surface area contributed by atoms with Crippen molar-refractivity contribution in [1.29, 1.82) is 0 Å². The standard InChI is InChI=1S/C17H19N3O3S/c1-9-5-11(20-16(9)22)8-23-17-12-7-14(24-2)13(15(18)21)6-10(12)3-4-19-17/h3-4,6-7,9,11H,5,8H2,1-2H3,(H2,18,21)(H,20,22)/t9-,11-/m0/s1. The monoisotopic (exact) mass is 345 g/mol. The van der Waals surface area contributed by atoms with Gasteiger partial charge in [-0.1, -0.05) is 6.92 Å². The Balaban J connectivity index is 1.88. The van der Waals surface area contributed by atoms with Gasteiger partial charge in [0.25, 0.3) is 0 Å². The second-order valence-corrected chi connectivity index (χ2v) is 6.76. The molecule has 2 amide bonds. The summed E-state index contributed by atoms with van der Waals surface area (Å²) in [7, 11) is 0. The maximum absolute atomic E-state index is 11.6. The number of hydrogen-bond acceptors (Lipinski definition) is 5. The van der Waals surface area contributed by atoms with Crippen molar-refractivity contribution in [1.82, 2.24) is 10.3 Å². The largest absolute Gasteiger partial charge is 0.475 e. The van der Waals surface area contributed by atoms with E-state index in [0.717, 1.165) is 22.1 Å². The summed E-state index contributed by atoms with van der Waals surface area (Å²) in [5, 5.41) is 4.58. The van der Waals surface area contributed by atoms with Crippen LogP contribution in [0.5, 0.6) is 5.88 Å². The number of ether oxygens (including phenoxy) is 1. The van der Waals surface area contributed by atoms with Crippen LogP contribution < -0.4 is 15.8 Å². The van der Waals surface area contributed by atoms with Gasteiger partial charge in [0.15, 0.2) is 0 Å². The fraction of sp³-hybridized carbons (Fsp3) is 0.353. The highest BCUT2D eigenvalue weighted by Crippen LogP contribution is 2.31. The smallest absolute Gasteiger partial charge is 0.249 e. The molecule has 1 fully saturated rings. The minimum Gasteiger partial charge on any atom is -0.475 e. The van der Waals surface area contributed by atoms with Crippen molar-refractivity contribution in [3.63, 3.8) is 0 Å². The van der Waals surface area contributed by atoms with E-state index in [1.807, 2.05) is 25.3 Å². The van der Waals surface area contributed by atoms with E-state index in [-0.39, 0.29) is 17.9 Å². The van der Waals surface area contributed by atoms with Crippen molar-refractivity contribution in [2.24, 2.45) is 11.7 Å². The number of aromatic nitrogens is 1. The van der Waals surface area contributed by atoms with E-state index in [4.69, 9.17) is 10.5 Å². The number of nitrogens with zero attached hydrogens (tertiary/aromatic N) is 1. The van der Waals surface area contributed by atoms with Gasteiger partial charge in [-0.15, -0.1) is 11.8 Å². The van der Waals surface area contributed by atoms with E-state index in [1.54, 1.807) is 12.3 Å². The SMILES string of the molecule is CSc1cc2c(OC[C@@H]3C[C@H](C)C(=O)N3)nccc2cc1C(N)=O. The highest BCUT2D eigenvalue weighted by molar-refractivity contribution is 7.98. The zero-order chi connectivity index (χ0) is 17.3. The van der Waals surface area contributed by atoms with Crippen LogP contribution in [0.4, 0.5) is 0 Å². The van der Waals surface area contributed by atoms with Gasteiger partial charge in [-0.2, -0.15) is 0 Å². The molecular formula is C17H19N3O3S. The molecule has 0 spiro atoms. The number of carbonyl (C=O) groups is 2. The highest BCUT2D eigenvalue weighted by atomic mass is 32.2. The summed E-state index contributed by atoms with van der Waals surface area (Å²) in [5.41, 5.74) is 5.94. The molecule has 1 aliphatic rings. The average molecular weight is 345 g/mol. The van der Waals surface area contributed by atoms with E-state index in [2.05, 4.69) is 10.3 Å². The van der Waals surface area contributed by atoms with Crippen LogP contribution in [0.25, 0.3) is 10.8 Å². The molecule has 0 aliphatic carbocycles. The van der Waals surface area contributed by atoms with Gasteiger partial charge in [-0.3, -0.25) is 9.59 Å². The zero-order valence-corrected chi connectivity index (χ0v) is 14.4. The number of primary amides is 1. The lowest BCUT2D eigenvalue weighted by molar-refractivity contribution is -0.122. The minimum absolute atomic E-state index is 0.00512. The Morgan fingerprint density at radius 3 is 2.92 bits per heavy atom. The second-order valence-electron chi connectivity index (χ2n) is 5.91. The Hall–Kier alpha value is -2.28. The molecule has 1 saturated heterocycles. The number of nitrogens with one attached hydrogen (secondary N) is 1. The number of amides is 2. The molecule has 0 radical (unpaired) electrons. The van der Waals surface area contributed by atoms with Gasteiger partial charge in [-0.25, -0.2) is 4.98 Å². The summed E-state index contributed by atoms with van der Waals surface area (Å²) >= 11 is 1.45. The summed E-state index contributed by atoms with van der Waals surface area (Å²) in [5.74, 6) is 0.112. The summed E-state index contributed by atoms with van der Waals surface area (Å²) in [6.45, 7) is 2.27. The third-order valence-electron chi connectivity index (χ3n) is 4.17. The van der Waals surface area contributed by atoms with Crippen LogP contribution in [0, 0.1) is 5.92 Å². The molecule has 6 nitrogen and oxygen atoms in total. The maximum Gasteiger partial charge on any atom is 0.249 e. The molecular weight excluding hydrogens is 326 g/mol. The predicted octanol–water partition coefficient (Wildman–Crippen LogP) is 1.96. The maximum atomic E-state index is 11.6. The number of nitrogens with two attached hydrogens (primary N) is 1.